The minimum absolute atomic E-state index is 0.144. The molecule has 1 aromatic carbocycles. The molecule has 0 atom stereocenters. The Morgan fingerprint density at radius 3 is 2.62 bits per heavy atom. The number of rotatable bonds is 3. The second-order valence-corrected chi connectivity index (χ2v) is 5.87. The van der Waals surface area contributed by atoms with E-state index in [4.69, 9.17) is 0 Å². The molecule has 7 heteroatoms. The zero-order valence-electron chi connectivity index (χ0n) is 13.3. The number of hydrogen-bond acceptors (Lipinski definition) is 6. The normalized spacial score (nSPS) is 19.2. The van der Waals surface area contributed by atoms with Crippen LogP contribution in [0, 0.1) is 5.82 Å². The van der Waals surface area contributed by atoms with Crippen molar-refractivity contribution in [2.24, 2.45) is 0 Å². The topological polar surface area (TPSA) is 72.9 Å². The molecule has 1 heterocycles. The number of halogens is 1. The minimum atomic E-state index is -0.532. The third-order valence-electron chi connectivity index (χ3n) is 3.98. The van der Waals surface area contributed by atoms with Gasteiger partial charge in [-0.25, -0.2) is 9.40 Å². The lowest BCUT2D eigenvalue weighted by Crippen LogP contribution is -2.48. The van der Waals surface area contributed by atoms with Gasteiger partial charge < -0.3 is 15.4 Å². The number of aliphatic hydroxyl groups is 1. The Balaban J connectivity index is 1.92. The summed E-state index contributed by atoms with van der Waals surface area (Å²) in [4.78, 5) is 26.4. The van der Waals surface area contributed by atoms with E-state index in [9.17, 15) is 19.1 Å². The van der Waals surface area contributed by atoms with Crippen LogP contribution in [-0.2, 0) is 9.59 Å². The van der Waals surface area contributed by atoms with Gasteiger partial charge in [-0.2, -0.15) is 0 Å². The Kier molecular flexibility index (Phi) is 4.35. The maximum Gasteiger partial charge on any atom is 0.218 e. The molecule has 0 saturated carbocycles. The monoisotopic (exact) mass is 331 g/mol. The molecule has 126 valence electrons. The van der Waals surface area contributed by atoms with E-state index in [1.165, 1.54) is 12.1 Å². The largest absolute Gasteiger partial charge is 0.511 e. The lowest BCUT2D eigenvalue weighted by molar-refractivity contribution is -0.121. The van der Waals surface area contributed by atoms with Crippen molar-refractivity contribution < 1.29 is 19.1 Å². The lowest BCUT2D eigenvalue weighted by Gasteiger charge is -2.34. The fourth-order valence-corrected chi connectivity index (χ4v) is 2.81. The van der Waals surface area contributed by atoms with Crippen molar-refractivity contribution >= 4 is 17.3 Å². The molecule has 6 nitrogen and oxygen atoms in total. The van der Waals surface area contributed by atoms with Gasteiger partial charge in [-0.1, -0.05) is 0 Å². The van der Waals surface area contributed by atoms with Crippen LogP contribution in [0.3, 0.4) is 0 Å². The number of Topliss-reactive ketones (excluding diaryl/α,β-unsaturated/α-hetero) is 2. The Morgan fingerprint density at radius 1 is 1.25 bits per heavy atom. The summed E-state index contributed by atoms with van der Waals surface area (Å²) in [6, 6.07) is 5.89. The molecule has 0 radical (unpaired) electrons. The standard InChI is InChI=1S/C17H18FN3O3/c1-20-10-21(12-7-5-11(18)6-8-12)9-13(19-20)17(24)16-14(22)3-2-4-15(16)23/h5-9,19,22H,2-4,10H2,1H3. The number of ketones is 2. The van der Waals surface area contributed by atoms with Gasteiger partial charge >= 0.3 is 0 Å². The van der Waals surface area contributed by atoms with Crippen molar-refractivity contribution in [3.8, 4) is 0 Å². The maximum absolute atomic E-state index is 13.1. The van der Waals surface area contributed by atoms with Crippen molar-refractivity contribution in [2.45, 2.75) is 19.3 Å². The molecule has 1 aliphatic carbocycles. The smallest absolute Gasteiger partial charge is 0.218 e. The molecular formula is C17H18FN3O3. The van der Waals surface area contributed by atoms with E-state index in [0.29, 0.717) is 25.2 Å². The summed E-state index contributed by atoms with van der Waals surface area (Å²) in [5, 5.41) is 11.6. The number of allylic oxidation sites excluding steroid dienone is 2. The van der Waals surface area contributed by atoms with Crippen LogP contribution in [0.4, 0.5) is 10.1 Å². The van der Waals surface area contributed by atoms with E-state index in [-0.39, 0.29) is 35.1 Å². The Hall–Kier alpha value is -2.67. The summed E-state index contributed by atoms with van der Waals surface area (Å²) < 4.78 is 13.1. The minimum Gasteiger partial charge on any atom is -0.511 e. The predicted octanol–water partition coefficient (Wildman–Crippen LogP) is 2.02. The number of benzene rings is 1. The predicted molar refractivity (Wildman–Crippen MR) is 86.2 cm³/mol. The fraction of sp³-hybridized carbons (Fsp3) is 0.294. The van der Waals surface area contributed by atoms with Crippen LogP contribution in [-0.4, -0.2) is 35.4 Å². The molecule has 3 rings (SSSR count). The van der Waals surface area contributed by atoms with Crippen LogP contribution >= 0.6 is 0 Å². The number of anilines is 1. The second kappa shape index (κ2) is 6.45. The van der Waals surface area contributed by atoms with Gasteiger partial charge in [0.05, 0.1) is 6.67 Å². The first-order valence-electron chi connectivity index (χ1n) is 7.67. The van der Waals surface area contributed by atoms with Gasteiger partial charge in [0, 0.05) is 31.8 Å². The first-order valence-corrected chi connectivity index (χ1v) is 7.67. The molecule has 0 saturated heterocycles. The molecule has 0 spiro atoms. The summed E-state index contributed by atoms with van der Waals surface area (Å²) in [6.07, 6.45) is 2.71. The Labute approximate surface area is 138 Å². The third kappa shape index (κ3) is 3.16. The van der Waals surface area contributed by atoms with E-state index in [2.05, 4.69) is 5.43 Å². The molecule has 0 fully saturated rings. The van der Waals surface area contributed by atoms with Crippen molar-refractivity contribution in [2.75, 3.05) is 18.6 Å². The molecular weight excluding hydrogens is 313 g/mol. The molecule has 0 bridgehead atoms. The van der Waals surface area contributed by atoms with Crippen molar-refractivity contribution in [1.29, 1.82) is 0 Å². The van der Waals surface area contributed by atoms with Crippen molar-refractivity contribution in [1.82, 2.24) is 10.4 Å². The first-order chi connectivity index (χ1) is 11.5. The van der Waals surface area contributed by atoms with Gasteiger partial charge in [-0.05, 0) is 30.7 Å². The van der Waals surface area contributed by atoms with E-state index >= 15 is 0 Å². The van der Waals surface area contributed by atoms with Crippen LogP contribution in [0.5, 0.6) is 0 Å². The number of hydrogen-bond donors (Lipinski definition) is 2. The van der Waals surface area contributed by atoms with Crippen LogP contribution in [0.25, 0.3) is 0 Å². The highest BCUT2D eigenvalue weighted by Gasteiger charge is 2.31. The third-order valence-corrected chi connectivity index (χ3v) is 3.98. The molecule has 2 aliphatic rings. The fourth-order valence-electron chi connectivity index (χ4n) is 2.81. The maximum atomic E-state index is 13.1. The average molecular weight is 331 g/mol. The zero-order valence-corrected chi connectivity index (χ0v) is 13.3. The number of nitrogens with one attached hydrogen (secondary N) is 1. The van der Waals surface area contributed by atoms with E-state index in [1.54, 1.807) is 35.3 Å². The molecule has 0 unspecified atom stereocenters. The number of carbonyl (C=O) groups is 2. The summed E-state index contributed by atoms with van der Waals surface area (Å²) in [7, 11) is 1.74. The SMILES string of the molecule is CN1CN(c2ccc(F)cc2)C=C(C(=O)C2=C(O)CCCC2=O)N1. The summed E-state index contributed by atoms with van der Waals surface area (Å²) in [5.74, 6) is -1.37. The highest BCUT2D eigenvalue weighted by Crippen LogP contribution is 2.25. The van der Waals surface area contributed by atoms with Gasteiger partial charge in [-0.15, -0.1) is 0 Å². The second-order valence-electron chi connectivity index (χ2n) is 5.87. The molecule has 0 aromatic heterocycles. The molecule has 1 aliphatic heterocycles. The van der Waals surface area contributed by atoms with Crippen LogP contribution in [0.2, 0.25) is 0 Å². The Morgan fingerprint density at radius 2 is 1.96 bits per heavy atom. The van der Waals surface area contributed by atoms with Gasteiger partial charge in [0.15, 0.2) is 5.78 Å². The number of nitrogens with zero attached hydrogens (tertiary/aromatic N) is 2. The van der Waals surface area contributed by atoms with Gasteiger partial charge in [-0.3, -0.25) is 9.59 Å². The van der Waals surface area contributed by atoms with Crippen LogP contribution < -0.4 is 10.3 Å². The number of hydrazine groups is 1. The van der Waals surface area contributed by atoms with Gasteiger partial charge in [0.2, 0.25) is 5.78 Å². The highest BCUT2D eigenvalue weighted by molar-refractivity contribution is 6.26. The molecule has 2 N–H and O–H groups in total. The summed E-state index contributed by atoms with van der Waals surface area (Å²) >= 11 is 0. The van der Waals surface area contributed by atoms with E-state index < -0.39 is 5.78 Å². The summed E-state index contributed by atoms with van der Waals surface area (Å²) in [5.41, 5.74) is 3.65. The average Bonchev–Trinajstić information content (AvgIpc) is 2.54. The molecule has 24 heavy (non-hydrogen) atoms. The lowest BCUT2D eigenvalue weighted by atomic mass is 9.92. The number of carbonyl (C=O) groups excluding carboxylic acids is 2. The highest BCUT2D eigenvalue weighted by atomic mass is 19.1. The number of aliphatic hydroxyl groups excluding tert-OH is 1. The summed E-state index contributed by atoms with van der Waals surface area (Å²) in [6.45, 7) is 0.432. The first kappa shape index (κ1) is 16.2. The van der Waals surface area contributed by atoms with Crippen LogP contribution in [0.15, 0.2) is 47.5 Å². The molecule has 1 aromatic rings. The van der Waals surface area contributed by atoms with Crippen LogP contribution in [0.1, 0.15) is 19.3 Å². The van der Waals surface area contributed by atoms with Crippen molar-refractivity contribution in [3.63, 3.8) is 0 Å². The molecule has 0 amide bonds. The van der Waals surface area contributed by atoms with E-state index in [0.717, 1.165) is 0 Å². The van der Waals surface area contributed by atoms with Gasteiger partial charge in [0.25, 0.3) is 0 Å². The quantitative estimate of drug-likeness (QED) is 0.826. The van der Waals surface area contributed by atoms with E-state index in [1.807, 2.05) is 0 Å². The van der Waals surface area contributed by atoms with Gasteiger partial charge in [0.1, 0.15) is 22.8 Å². The zero-order chi connectivity index (χ0) is 17.3. The Bertz CT molecular complexity index is 740. The van der Waals surface area contributed by atoms with Crippen molar-refractivity contribution in [3.05, 3.63) is 53.3 Å².